The molecule has 0 radical (unpaired) electrons. The van der Waals surface area contributed by atoms with Gasteiger partial charge in [-0.3, -0.25) is 24.0 Å². The number of thioether (sulfide) groups is 1. The molecule has 1 aromatic carbocycles. The van der Waals surface area contributed by atoms with E-state index in [-0.39, 0.29) is 17.6 Å². The predicted molar refractivity (Wildman–Crippen MR) is 174 cm³/mol. The quantitative estimate of drug-likeness (QED) is 0.239. The monoisotopic (exact) mass is 648 g/mol. The van der Waals surface area contributed by atoms with Crippen LogP contribution in [-0.2, 0) is 33.4 Å². The molecule has 2 rings (SSSR count). The largest absolute Gasteiger partial charge is 0.457 e. The van der Waals surface area contributed by atoms with Crippen LogP contribution in [0.4, 0.5) is 0 Å². The highest BCUT2D eigenvalue weighted by Crippen LogP contribution is 2.38. The van der Waals surface area contributed by atoms with Gasteiger partial charge in [-0.05, 0) is 45.2 Å². The first-order valence-electron chi connectivity index (χ1n) is 15.8. The Bertz CT molecular complexity index is 1180. The van der Waals surface area contributed by atoms with Crippen LogP contribution in [0.2, 0.25) is 0 Å². The van der Waals surface area contributed by atoms with Gasteiger partial charge >= 0.3 is 17.9 Å². The minimum Gasteiger partial charge on any atom is -0.457 e. The Morgan fingerprint density at radius 1 is 0.800 bits per heavy atom. The van der Waals surface area contributed by atoms with E-state index in [0.29, 0.717) is 12.0 Å². The smallest absolute Gasteiger partial charge is 0.308 e. The molecule has 0 aromatic heterocycles. The summed E-state index contributed by atoms with van der Waals surface area (Å²) < 4.78 is 17.9. The van der Waals surface area contributed by atoms with Gasteiger partial charge in [0.05, 0.1) is 17.8 Å². The summed E-state index contributed by atoms with van der Waals surface area (Å²) in [5, 5.41) is 2.06. The van der Waals surface area contributed by atoms with Gasteiger partial charge < -0.3 is 24.4 Å². The van der Waals surface area contributed by atoms with Gasteiger partial charge in [-0.2, -0.15) is 0 Å². The number of benzene rings is 1. The van der Waals surface area contributed by atoms with Crippen molar-refractivity contribution in [2.75, 3.05) is 5.75 Å². The van der Waals surface area contributed by atoms with Crippen LogP contribution in [0.1, 0.15) is 92.9 Å². The minimum atomic E-state index is -1.25. The summed E-state index contributed by atoms with van der Waals surface area (Å²) >= 11 is 1.23. The molecule has 252 valence electrons. The van der Waals surface area contributed by atoms with E-state index in [2.05, 4.69) is 5.32 Å². The second-order valence-corrected chi connectivity index (χ2v) is 15.1. The zero-order chi connectivity index (χ0) is 34.2. The second-order valence-electron chi connectivity index (χ2n) is 13.9. The molecule has 11 heteroatoms. The molecule has 0 bridgehead atoms. The fraction of sp³-hybridized carbons (Fsp3) is 0.676. The fourth-order valence-electron chi connectivity index (χ4n) is 4.60. The Labute approximate surface area is 272 Å². The van der Waals surface area contributed by atoms with Gasteiger partial charge in [0.1, 0.15) is 11.4 Å². The van der Waals surface area contributed by atoms with Crippen LogP contribution in [0.15, 0.2) is 30.3 Å². The van der Waals surface area contributed by atoms with Gasteiger partial charge in [0.25, 0.3) is 5.91 Å². The normalized spacial score (nSPS) is 21.0. The van der Waals surface area contributed by atoms with Crippen molar-refractivity contribution < 1.29 is 38.2 Å². The summed E-state index contributed by atoms with van der Waals surface area (Å²) in [6, 6.07) is 7.61. The lowest BCUT2D eigenvalue weighted by Crippen LogP contribution is -2.64. The number of nitrogens with one attached hydrogen (secondary N) is 1. The molecule has 5 atom stereocenters. The summed E-state index contributed by atoms with van der Waals surface area (Å²) in [5.41, 5.74) is -0.254. The van der Waals surface area contributed by atoms with E-state index < -0.39 is 76.8 Å². The highest BCUT2D eigenvalue weighted by atomic mass is 32.2. The fourth-order valence-corrected chi connectivity index (χ4v) is 6.05. The van der Waals surface area contributed by atoms with E-state index in [1.54, 1.807) is 71.9 Å². The zero-order valence-electron chi connectivity index (χ0n) is 28.6. The van der Waals surface area contributed by atoms with Crippen molar-refractivity contribution in [1.82, 2.24) is 10.2 Å². The molecule has 1 fully saturated rings. The molecule has 0 saturated carbocycles. The maximum atomic E-state index is 14.5. The number of rotatable bonds is 12. The van der Waals surface area contributed by atoms with Gasteiger partial charge in [0.2, 0.25) is 5.91 Å². The van der Waals surface area contributed by atoms with E-state index in [9.17, 15) is 24.0 Å². The average molecular weight is 649 g/mol. The van der Waals surface area contributed by atoms with Crippen molar-refractivity contribution in [2.24, 2.45) is 23.7 Å². The SMILES string of the molecule is CC(C)C[C@H](C(=O)NC(C)(C)C)N(C(=O)c1ccccc1)[C@@H]1SC[C@@H](OC(=O)C(C)C)[C@H](OC(=O)C(C)C)[C@H]1OC(=O)C(C)C. The second kappa shape index (κ2) is 16.5. The van der Waals surface area contributed by atoms with Gasteiger partial charge in [-0.25, -0.2) is 0 Å². The number of amides is 2. The maximum Gasteiger partial charge on any atom is 0.308 e. The number of ether oxygens (including phenoxy) is 3. The molecule has 1 aliphatic rings. The molecule has 45 heavy (non-hydrogen) atoms. The highest BCUT2D eigenvalue weighted by molar-refractivity contribution is 8.00. The molecule has 1 aliphatic heterocycles. The Morgan fingerprint density at radius 3 is 1.76 bits per heavy atom. The molecule has 1 aromatic rings. The van der Waals surface area contributed by atoms with E-state index in [1.165, 1.54) is 16.7 Å². The Kier molecular flexibility index (Phi) is 13.9. The lowest BCUT2D eigenvalue weighted by Gasteiger charge is -2.47. The van der Waals surface area contributed by atoms with Crippen LogP contribution >= 0.6 is 11.8 Å². The third kappa shape index (κ3) is 11.0. The number of esters is 3. The first kappa shape index (κ1) is 38.1. The molecule has 1 saturated heterocycles. The first-order chi connectivity index (χ1) is 20.8. The maximum absolute atomic E-state index is 14.5. The van der Waals surface area contributed by atoms with E-state index in [1.807, 2.05) is 34.6 Å². The summed E-state index contributed by atoms with van der Waals surface area (Å²) in [7, 11) is 0. The molecule has 10 nitrogen and oxygen atoms in total. The molecule has 0 aliphatic carbocycles. The summed E-state index contributed by atoms with van der Waals surface area (Å²) in [6.45, 7) is 19.6. The van der Waals surface area contributed by atoms with Crippen molar-refractivity contribution in [3.63, 3.8) is 0 Å². The van der Waals surface area contributed by atoms with Crippen LogP contribution in [0.3, 0.4) is 0 Å². The van der Waals surface area contributed by atoms with Crippen molar-refractivity contribution in [1.29, 1.82) is 0 Å². The third-order valence-corrected chi connectivity index (χ3v) is 8.31. The highest BCUT2D eigenvalue weighted by Gasteiger charge is 2.52. The van der Waals surface area contributed by atoms with Gasteiger partial charge in [0.15, 0.2) is 18.3 Å². The van der Waals surface area contributed by atoms with Crippen molar-refractivity contribution in [3.05, 3.63) is 35.9 Å². The number of hydrogen-bond donors (Lipinski definition) is 1. The molecule has 2 amide bonds. The lowest BCUT2D eigenvalue weighted by molar-refractivity contribution is -0.192. The van der Waals surface area contributed by atoms with Gasteiger partial charge in [0, 0.05) is 16.9 Å². The Balaban J connectivity index is 2.82. The molecule has 1 heterocycles. The number of nitrogens with zero attached hydrogens (tertiary/aromatic N) is 1. The third-order valence-electron chi connectivity index (χ3n) is 6.95. The molecule has 0 unspecified atom stereocenters. The number of carbonyl (C=O) groups excluding carboxylic acids is 5. The topological polar surface area (TPSA) is 128 Å². The molecule has 1 N–H and O–H groups in total. The van der Waals surface area contributed by atoms with Gasteiger partial charge in [-0.15, -0.1) is 11.8 Å². The molecule has 0 spiro atoms. The van der Waals surface area contributed by atoms with Crippen LogP contribution in [0, 0.1) is 23.7 Å². The minimum absolute atomic E-state index is 0.00589. The van der Waals surface area contributed by atoms with Gasteiger partial charge in [-0.1, -0.05) is 73.6 Å². The summed E-state index contributed by atoms with van der Waals surface area (Å²) in [5.74, 6) is -3.88. The summed E-state index contributed by atoms with van der Waals surface area (Å²) in [6.07, 6.45) is -3.14. The molecular formula is C34H52N2O8S. The number of hydrogen-bond acceptors (Lipinski definition) is 9. The van der Waals surface area contributed by atoms with Crippen LogP contribution in [0.5, 0.6) is 0 Å². The van der Waals surface area contributed by atoms with Crippen molar-refractivity contribution >= 4 is 41.5 Å². The Hall–Kier alpha value is -3.08. The predicted octanol–water partition coefficient (Wildman–Crippen LogP) is 5.23. The lowest BCUT2D eigenvalue weighted by atomic mass is 9.97. The molecular weight excluding hydrogens is 596 g/mol. The average Bonchev–Trinajstić information content (AvgIpc) is 2.93. The standard InChI is InChI=1S/C34H52N2O8S/c1-19(2)17-24(28(37)35-34(9,10)11)36(29(38)23-15-13-12-14-16-23)30-27(44-33(41)22(7)8)26(43-32(40)21(5)6)25(18-45-30)42-31(39)20(3)4/h12-16,19-22,24-27,30H,17-18H2,1-11H3,(H,35,37)/t24-,25-,26+,27-,30-/m1/s1. The van der Waals surface area contributed by atoms with E-state index in [4.69, 9.17) is 14.2 Å². The first-order valence-corrected chi connectivity index (χ1v) is 16.8. The van der Waals surface area contributed by atoms with E-state index >= 15 is 0 Å². The van der Waals surface area contributed by atoms with Crippen molar-refractivity contribution in [3.8, 4) is 0 Å². The van der Waals surface area contributed by atoms with Crippen molar-refractivity contribution in [2.45, 2.75) is 118 Å². The van der Waals surface area contributed by atoms with E-state index in [0.717, 1.165) is 0 Å². The Morgan fingerprint density at radius 2 is 1.29 bits per heavy atom. The summed E-state index contributed by atoms with van der Waals surface area (Å²) in [4.78, 5) is 69.0. The number of carbonyl (C=O) groups is 5. The zero-order valence-corrected chi connectivity index (χ0v) is 29.4. The van der Waals surface area contributed by atoms with Crippen LogP contribution < -0.4 is 5.32 Å². The van der Waals surface area contributed by atoms with Crippen LogP contribution in [-0.4, -0.2) is 75.6 Å². The van der Waals surface area contributed by atoms with Crippen LogP contribution in [0.25, 0.3) is 0 Å².